The van der Waals surface area contributed by atoms with Crippen molar-refractivity contribution in [2.24, 2.45) is 0 Å². The van der Waals surface area contributed by atoms with Gasteiger partial charge in [0.15, 0.2) is 0 Å². The van der Waals surface area contributed by atoms with Crippen LogP contribution in [0, 0.1) is 6.92 Å². The summed E-state index contributed by atoms with van der Waals surface area (Å²) in [6, 6.07) is 6.03. The standard InChI is InChI=1S/C18H19N3O3S/c1-4-24-18(22)14-8-19-21(9-14)10-17-20-16(11-25-17)13-5-12(2)6-15(7-13)23-3/h5-9,11H,4,10H2,1-3H3. The number of ether oxygens (including phenoxy) is 2. The highest BCUT2D eigenvalue weighted by atomic mass is 32.1. The molecule has 0 amide bonds. The van der Waals surface area contributed by atoms with Crippen molar-refractivity contribution in [3.8, 4) is 17.0 Å². The van der Waals surface area contributed by atoms with Crippen LogP contribution in [-0.2, 0) is 11.3 Å². The first kappa shape index (κ1) is 17.2. The quantitative estimate of drug-likeness (QED) is 0.631. The van der Waals surface area contributed by atoms with Crippen LogP contribution in [0.3, 0.4) is 0 Å². The highest BCUT2D eigenvalue weighted by Gasteiger charge is 2.11. The molecule has 3 rings (SSSR count). The van der Waals surface area contributed by atoms with E-state index in [9.17, 15) is 4.79 Å². The van der Waals surface area contributed by atoms with Crippen molar-refractivity contribution in [2.75, 3.05) is 13.7 Å². The first-order valence-corrected chi connectivity index (χ1v) is 8.77. The van der Waals surface area contributed by atoms with E-state index >= 15 is 0 Å². The summed E-state index contributed by atoms with van der Waals surface area (Å²) in [6.45, 7) is 4.66. The van der Waals surface area contributed by atoms with Crippen LogP contribution in [-0.4, -0.2) is 34.5 Å². The first-order chi connectivity index (χ1) is 12.1. The van der Waals surface area contributed by atoms with Crippen LogP contribution in [0.2, 0.25) is 0 Å². The summed E-state index contributed by atoms with van der Waals surface area (Å²) >= 11 is 1.56. The van der Waals surface area contributed by atoms with Crippen LogP contribution >= 0.6 is 11.3 Å². The van der Waals surface area contributed by atoms with Gasteiger partial charge in [-0.05, 0) is 37.6 Å². The molecule has 0 aliphatic rings. The molecule has 0 aliphatic heterocycles. The second-order valence-electron chi connectivity index (χ2n) is 5.51. The monoisotopic (exact) mass is 357 g/mol. The SMILES string of the molecule is CCOC(=O)c1cnn(Cc2nc(-c3cc(C)cc(OC)c3)cs2)c1. The van der Waals surface area contributed by atoms with Gasteiger partial charge >= 0.3 is 5.97 Å². The third-order valence-corrected chi connectivity index (χ3v) is 4.41. The summed E-state index contributed by atoms with van der Waals surface area (Å²) in [5, 5.41) is 7.13. The normalized spacial score (nSPS) is 10.7. The van der Waals surface area contributed by atoms with E-state index in [4.69, 9.17) is 9.47 Å². The minimum Gasteiger partial charge on any atom is -0.497 e. The molecule has 6 nitrogen and oxygen atoms in total. The number of esters is 1. The Kier molecular flexibility index (Phi) is 5.14. The number of nitrogens with zero attached hydrogens (tertiary/aromatic N) is 3. The average molecular weight is 357 g/mol. The Hall–Kier alpha value is -2.67. The summed E-state index contributed by atoms with van der Waals surface area (Å²) < 4.78 is 12.0. The van der Waals surface area contributed by atoms with Gasteiger partial charge in [-0.3, -0.25) is 4.68 Å². The van der Waals surface area contributed by atoms with Gasteiger partial charge in [0, 0.05) is 17.1 Å². The van der Waals surface area contributed by atoms with E-state index in [1.807, 2.05) is 24.4 Å². The topological polar surface area (TPSA) is 66.2 Å². The Morgan fingerprint density at radius 2 is 2.16 bits per heavy atom. The zero-order valence-corrected chi connectivity index (χ0v) is 15.2. The maximum atomic E-state index is 11.7. The van der Waals surface area contributed by atoms with Gasteiger partial charge in [-0.2, -0.15) is 5.10 Å². The van der Waals surface area contributed by atoms with E-state index in [1.54, 1.807) is 36.2 Å². The summed E-state index contributed by atoms with van der Waals surface area (Å²) in [7, 11) is 1.66. The van der Waals surface area contributed by atoms with Crippen molar-refractivity contribution < 1.29 is 14.3 Å². The highest BCUT2D eigenvalue weighted by Crippen LogP contribution is 2.27. The molecule has 0 fully saturated rings. The molecule has 7 heteroatoms. The van der Waals surface area contributed by atoms with Crippen LogP contribution in [0.5, 0.6) is 5.75 Å². The summed E-state index contributed by atoms with van der Waals surface area (Å²) in [5.41, 5.74) is 3.49. The van der Waals surface area contributed by atoms with Crippen molar-refractivity contribution in [3.05, 3.63) is 52.1 Å². The lowest BCUT2D eigenvalue weighted by molar-refractivity contribution is 0.0526. The number of aryl methyl sites for hydroxylation is 1. The van der Waals surface area contributed by atoms with Gasteiger partial charge in [0.05, 0.1) is 37.7 Å². The largest absolute Gasteiger partial charge is 0.497 e. The molecule has 2 heterocycles. The van der Waals surface area contributed by atoms with E-state index < -0.39 is 0 Å². The number of methoxy groups -OCH3 is 1. The highest BCUT2D eigenvalue weighted by molar-refractivity contribution is 7.09. The van der Waals surface area contributed by atoms with Crippen molar-refractivity contribution in [1.82, 2.24) is 14.8 Å². The Morgan fingerprint density at radius 3 is 2.92 bits per heavy atom. The smallest absolute Gasteiger partial charge is 0.341 e. The molecule has 0 N–H and O–H groups in total. The molecule has 0 saturated carbocycles. The number of carbonyl (C=O) groups is 1. The van der Waals surface area contributed by atoms with Crippen LogP contribution in [0.25, 0.3) is 11.3 Å². The molecule has 3 aromatic rings. The molecule has 1 aromatic carbocycles. The van der Waals surface area contributed by atoms with Gasteiger partial charge in [-0.1, -0.05) is 0 Å². The summed E-state index contributed by atoms with van der Waals surface area (Å²) in [5.74, 6) is 0.455. The lowest BCUT2D eigenvalue weighted by Gasteiger charge is -2.04. The predicted molar refractivity (Wildman–Crippen MR) is 96.1 cm³/mol. The summed E-state index contributed by atoms with van der Waals surface area (Å²) in [6.07, 6.45) is 3.19. The van der Waals surface area contributed by atoms with Gasteiger partial charge in [-0.15, -0.1) is 11.3 Å². The fraction of sp³-hybridized carbons (Fsp3) is 0.278. The second-order valence-corrected chi connectivity index (χ2v) is 6.46. The third-order valence-electron chi connectivity index (χ3n) is 3.58. The van der Waals surface area contributed by atoms with E-state index in [-0.39, 0.29) is 5.97 Å². The van der Waals surface area contributed by atoms with Crippen LogP contribution in [0.15, 0.2) is 36.0 Å². The van der Waals surface area contributed by atoms with E-state index in [1.165, 1.54) is 6.20 Å². The minimum absolute atomic E-state index is 0.347. The van der Waals surface area contributed by atoms with E-state index in [0.717, 1.165) is 27.6 Å². The zero-order chi connectivity index (χ0) is 17.8. The van der Waals surface area contributed by atoms with Crippen molar-refractivity contribution in [3.63, 3.8) is 0 Å². The van der Waals surface area contributed by atoms with Gasteiger partial charge in [0.2, 0.25) is 0 Å². The van der Waals surface area contributed by atoms with E-state index in [2.05, 4.69) is 16.1 Å². The molecule has 0 atom stereocenters. The Morgan fingerprint density at radius 1 is 1.32 bits per heavy atom. The minimum atomic E-state index is -0.361. The van der Waals surface area contributed by atoms with Crippen molar-refractivity contribution in [2.45, 2.75) is 20.4 Å². The molecule has 2 aromatic heterocycles. The van der Waals surface area contributed by atoms with Crippen LogP contribution < -0.4 is 4.74 Å². The zero-order valence-electron chi connectivity index (χ0n) is 14.4. The van der Waals surface area contributed by atoms with Gasteiger partial charge in [0.1, 0.15) is 10.8 Å². The molecule has 0 bridgehead atoms. The molecule has 0 saturated heterocycles. The number of aromatic nitrogens is 3. The lowest BCUT2D eigenvalue weighted by Crippen LogP contribution is -2.04. The van der Waals surface area contributed by atoms with E-state index in [0.29, 0.717) is 18.7 Å². The molecule has 0 unspecified atom stereocenters. The van der Waals surface area contributed by atoms with Gasteiger partial charge < -0.3 is 9.47 Å². The molecule has 0 aliphatic carbocycles. The van der Waals surface area contributed by atoms with Crippen LogP contribution in [0.4, 0.5) is 0 Å². The third kappa shape index (κ3) is 4.06. The van der Waals surface area contributed by atoms with Crippen molar-refractivity contribution >= 4 is 17.3 Å². The fourth-order valence-corrected chi connectivity index (χ4v) is 3.23. The molecule has 0 radical (unpaired) electrons. The Labute approximate surface area is 150 Å². The maximum absolute atomic E-state index is 11.7. The lowest BCUT2D eigenvalue weighted by atomic mass is 10.1. The molecule has 25 heavy (non-hydrogen) atoms. The first-order valence-electron chi connectivity index (χ1n) is 7.89. The molecular formula is C18H19N3O3S. The van der Waals surface area contributed by atoms with Gasteiger partial charge in [-0.25, -0.2) is 9.78 Å². The molecule has 130 valence electrons. The average Bonchev–Trinajstić information content (AvgIpc) is 3.24. The number of rotatable bonds is 6. The van der Waals surface area contributed by atoms with Gasteiger partial charge in [0.25, 0.3) is 0 Å². The number of hydrogen-bond acceptors (Lipinski definition) is 6. The number of carbonyl (C=O) groups excluding carboxylic acids is 1. The molecular weight excluding hydrogens is 338 g/mol. The van der Waals surface area contributed by atoms with Crippen molar-refractivity contribution in [1.29, 1.82) is 0 Å². The maximum Gasteiger partial charge on any atom is 0.341 e. The Bertz CT molecular complexity index is 885. The number of benzene rings is 1. The Balaban J connectivity index is 1.76. The number of hydrogen-bond donors (Lipinski definition) is 0. The van der Waals surface area contributed by atoms with Crippen LogP contribution in [0.1, 0.15) is 27.9 Å². The molecule has 0 spiro atoms. The second kappa shape index (κ2) is 7.48. The predicted octanol–water partition coefficient (Wildman–Crippen LogP) is 3.55. The fourth-order valence-electron chi connectivity index (χ4n) is 2.44. The number of thiazole rings is 1. The summed E-state index contributed by atoms with van der Waals surface area (Å²) in [4.78, 5) is 16.4.